The Hall–Kier alpha value is -1.09. The van der Waals surface area contributed by atoms with Crippen LogP contribution in [0.4, 0.5) is 0 Å². The molecule has 0 bridgehead atoms. The fourth-order valence-electron chi connectivity index (χ4n) is 2.48. The SMILES string of the molecule is CC(C)CN(C(=O)CSc1nncn1C)[C@H]1CCS(=O)(=O)C1. The van der Waals surface area contributed by atoms with Crippen molar-refractivity contribution >= 4 is 27.5 Å². The number of thioether (sulfide) groups is 1. The Balaban J connectivity index is 2.02. The first-order valence-electron chi connectivity index (χ1n) is 7.25. The molecule has 124 valence electrons. The summed E-state index contributed by atoms with van der Waals surface area (Å²) in [6.07, 6.45) is 2.12. The lowest BCUT2D eigenvalue weighted by atomic mass is 10.1. The molecule has 0 radical (unpaired) electrons. The van der Waals surface area contributed by atoms with Gasteiger partial charge in [-0.15, -0.1) is 10.2 Å². The van der Waals surface area contributed by atoms with Gasteiger partial charge in [-0.05, 0) is 12.3 Å². The van der Waals surface area contributed by atoms with Crippen LogP contribution in [-0.2, 0) is 21.7 Å². The van der Waals surface area contributed by atoms with Gasteiger partial charge in [0.25, 0.3) is 0 Å². The molecule has 1 aliphatic rings. The smallest absolute Gasteiger partial charge is 0.233 e. The molecule has 1 amide bonds. The number of hydrogen-bond acceptors (Lipinski definition) is 6. The lowest BCUT2D eigenvalue weighted by molar-refractivity contribution is -0.130. The molecule has 2 rings (SSSR count). The van der Waals surface area contributed by atoms with Crippen LogP contribution in [0.5, 0.6) is 0 Å². The third-order valence-corrected chi connectivity index (χ3v) is 6.30. The molecule has 22 heavy (non-hydrogen) atoms. The minimum atomic E-state index is -3.00. The summed E-state index contributed by atoms with van der Waals surface area (Å²) in [7, 11) is -1.18. The van der Waals surface area contributed by atoms with Crippen molar-refractivity contribution in [3.05, 3.63) is 6.33 Å². The fourth-order valence-corrected chi connectivity index (χ4v) is 4.99. The number of nitrogens with zero attached hydrogens (tertiary/aromatic N) is 4. The Kier molecular flexibility index (Phi) is 5.49. The summed E-state index contributed by atoms with van der Waals surface area (Å²) >= 11 is 1.32. The van der Waals surface area contributed by atoms with Gasteiger partial charge in [0.05, 0.1) is 17.3 Å². The summed E-state index contributed by atoms with van der Waals surface area (Å²) in [5.41, 5.74) is 0. The van der Waals surface area contributed by atoms with E-state index in [1.165, 1.54) is 11.8 Å². The summed E-state index contributed by atoms with van der Waals surface area (Å²) in [5, 5.41) is 8.39. The van der Waals surface area contributed by atoms with E-state index in [-0.39, 0.29) is 29.2 Å². The Morgan fingerprint density at radius 3 is 2.77 bits per heavy atom. The van der Waals surface area contributed by atoms with E-state index in [0.29, 0.717) is 24.0 Å². The highest BCUT2D eigenvalue weighted by atomic mass is 32.2. The van der Waals surface area contributed by atoms with Crippen LogP contribution >= 0.6 is 11.8 Å². The highest BCUT2D eigenvalue weighted by Crippen LogP contribution is 2.21. The molecular weight excluding hydrogens is 324 g/mol. The molecule has 1 aromatic rings. The van der Waals surface area contributed by atoms with Gasteiger partial charge in [0.2, 0.25) is 5.91 Å². The van der Waals surface area contributed by atoms with Gasteiger partial charge in [-0.2, -0.15) is 0 Å². The molecule has 0 aromatic carbocycles. The maximum absolute atomic E-state index is 12.5. The molecular formula is C13H22N4O3S2. The Morgan fingerprint density at radius 1 is 1.55 bits per heavy atom. The molecule has 2 heterocycles. The molecule has 1 aromatic heterocycles. The Labute approximate surface area is 135 Å². The van der Waals surface area contributed by atoms with Crippen LogP contribution < -0.4 is 0 Å². The highest BCUT2D eigenvalue weighted by molar-refractivity contribution is 7.99. The van der Waals surface area contributed by atoms with Crippen LogP contribution in [0.3, 0.4) is 0 Å². The van der Waals surface area contributed by atoms with Crippen molar-refractivity contribution < 1.29 is 13.2 Å². The van der Waals surface area contributed by atoms with E-state index < -0.39 is 9.84 Å². The maximum atomic E-state index is 12.5. The van der Waals surface area contributed by atoms with E-state index in [1.807, 2.05) is 20.9 Å². The van der Waals surface area contributed by atoms with Crippen LogP contribution in [0.2, 0.25) is 0 Å². The maximum Gasteiger partial charge on any atom is 0.233 e. The summed E-state index contributed by atoms with van der Waals surface area (Å²) in [5.74, 6) is 0.766. The molecule has 1 fully saturated rings. The third-order valence-electron chi connectivity index (χ3n) is 3.53. The molecule has 9 heteroatoms. The van der Waals surface area contributed by atoms with E-state index in [9.17, 15) is 13.2 Å². The molecule has 7 nitrogen and oxygen atoms in total. The lowest BCUT2D eigenvalue weighted by Crippen LogP contribution is -2.44. The minimum Gasteiger partial charge on any atom is -0.338 e. The molecule has 0 aliphatic carbocycles. The van der Waals surface area contributed by atoms with Gasteiger partial charge in [0.1, 0.15) is 6.33 Å². The zero-order chi connectivity index (χ0) is 16.3. The van der Waals surface area contributed by atoms with Gasteiger partial charge in [0, 0.05) is 19.6 Å². The van der Waals surface area contributed by atoms with Crippen molar-refractivity contribution in [2.45, 2.75) is 31.5 Å². The molecule has 1 aliphatic heterocycles. The Morgan fingerprint density at radius 2 is 2.27 bits per heavy atom. The third kappa shape index (κ3) is 4.45. The van der Waals surface area contributed by atoms with Gasteiger partial charge in [0.15, 0.2) is 15.0 Å². The quantitative estimate of drug-likeness (QED) is 0.701. The molecule has 0 unspecified atom stereocenters. The lowest BCUT2D eigenvalue weighted by Gasteiger charge is -2.29. The van der Waals surface area contributed by atoms with Gasteiger partial charge in [-0.3, -0.25) is 4.79 Å². The molecule has 1 saturated heterocycles. The zero-order valence-electron chi connectivity index (χ0n) is 13.1. The number of carbonyl (C=O) groups is 1. The topological polar surface area (TPSA) is 85.2 Å². The van der Waals surface area contributed by atoms with Crippen molar-refractivity contribution in [3.8, 4) is 0 Å². The second-order valence-corrected chi connectivity index (χ2v) is 9.18. The zero-order valence-corrected chi connectivity index (χ0v) is 14.7. The molecule has 0 spiro atoms. The van der Waals surface area contributed by atoms with Crippen molar-refractivity contribution in [1.82, 2.24) is 19.7 Å². The standard InChI is InChI=1S/C13H22N4O3S2/c1-10(2)6-17(11-4-5-22(19,20)8-11)12(18)7-21-13-15-14-9-16(13)3/h9-11H,4-8H2,1-3H3/t11-/m0/s1. The van der Waals surface area contributed by atoms with Crippen LogP contribution in [0.1, 0.15) is 20.3 Å². The van der Waals surface area contributed by atoms with Crippen molar-refractivity contribution in [3.63, 3.8) is 0 Å². The normalized spacial score (nSPS) is 20.5. The van der Waals surface area contributed by atoms with E-state index in [4.69, 9.17) is 0 Å². The van der Waals surface area contributed by atoms with Crippen LogP contribution in [0.25, 0.3) is 0 Å². The van der Waals surface area contributed by atoms with E-state index in [0.717, 1.165) is 0 Å². The number of carbonyl (C=O) groups excluding carboxylic acids is 1. The van der Waals surface area contributed by atoms with E-state index >= 15 is 0 Å². The van der Waals surface area contributed by atoms with Crippen molar-refractivity contribution in [1.29, 1.82) is 0 Å². The highest BCUT2D eigenvalue weighted by Gasteiger charge is 2.34. The van der Waals surface area contributed by atoms with Gasteiger partial charge in [-0.25, -0.2) is 8.42 Å². The number of amides is 1. The van der Waals surface area contributed by atoms with Gasteiger partial charge in [-0.1, -0.05) is 25.6 Å². The summed E-state index contributed by atoms with van der Waals surface area (Å²) < 4.78 is 25.1. The summed E-state index contributed by atoms with van der Waals surface area (Å²) in [4.78, 5) is 14.3. The monoisotopic (exact) mass is 346 g/mol. The van der Waals surface area contributed by atoms with Gasteiger partial charge >= 0.3 is 0 Å². The number of rotatable bonds is 6. The van der Waals surface area contributed by atoms with Crippen molar-refractivity contribution in [2.24, 2.45) is 13.0 Å². The molecule has 1 atom stereocenters. The number of hydrogen-bond donors (Lipinski definition) is 0. The van der Waals surface area contributed by atoms with E-state index in [1.54, 1.807) is 15.8 Å². The predicted molar refractivity (Wildman–Crippen MR) is 85.3 cm³/mol. The van der Waals surface area contributed by atoms with Crippen LogP contribution in [-0.4, -0.2) is 63.8 Å². The minimum absolute atomic E-state index is 0.0381. The average Bonchev–Trinajstić information content (AvgIpc) is 2.98. The Bertz CT molecular complexity index is 627. The van der Waals surface area contributed by atoms with Crippen LogP contribution in [0, 0.1) is 5.92 Å². The second kappa shape index (κ2) is 6.99. The molecule has 0 N–H and O–H groups in total. The second-order valence-electron chi connectivity index (χ2n) is 6.01. The number of aryl methyl sites for hydroxylation is 1. The van der Waals surface area contributed by atoms with Crippen molar-refractivity contribution in [2.75, 3.05) is 23.8 Å². The van der Waals surface area contributed by atoms with Crippen LogP contribution in [0.15, 0.2) is 11.5 Å². The van der Waals surface area contributed by atoms with E-state index in [2.05, 4.69) is 10.2 Å². The number of sulfone groups is 1. The van der Waals surface area contributed by atoms with Gasteiger partial charge < -0.3 is 9.47 Å². The average molecular weight is 346 g/mol. The first-order chi connectivity index (χ1) is 10.3. The predicted octanol–water partition coefficient (Wildman–Crippen LogP) is 0.579. The number of aromatic nitrogens is 3. The first-order valence-corrected chi connectivity index (χ1v) is 10.1. The first kappa shape index (κ1) is 17.3. The largest absolute Gasteiger partial charge is 0.338 e. The summed E-state index contributed by atoms with van der Waals surface area (Å²) in [6, 6.07) is -0.194. The fraction of sp³-hybridized carbons (Fsp3) is 0.769. The molecule has 0 saturated carbocycles. The summed E-state index contributed by atoms with van der Waals surface area (Å²) in [6.45, 7) is 4.64.